The Kier molecular flexibility index (Phi) is 4.21. The summed E-state index contributed by atoms with van der Waals surface area (Å²) in [7, 11) is 0. The van der Waals surface area contributed by atoms with Crippen LogP contribution in [0.15, 0.2) is 54.7 Å². The molecule has 1 N–H and O–H groups in total. The van der Waals surface area contributed by atoms with Crippen LogP contribution in [-0.4, -0.2) is 16.4 Å². The zero-order valence-electron chi connectivity index (χ0n) is 15.0. The number of hydrogen-bond donors (Lipinski definition) is 1. The molecule has 0 aliphatic rings. The Morgan fingerprint density at radius 2 is 1.60 bits per heavy atom. The lowest BCUT2D eigenvalue weighted by atomic mass is 9.87. The molecule has 0 aliphatic carbocycles. The van der Waals surface area contributed by atoms with E-state index in [1.807, 2.05) is 48.5 Å². The standard InChI is InChI=1S/C21H22N2O2/c1-14(24)23-13-18(17-7-5-6-8-19(17)23)20(25)22-16-11-9-15(10-12-16)21(2,3)4/h5-13H,1-4H3,(H,22,25). The van der Waals surface area contributed by atoms with Gasteiger partial charge in [-0.05, 0) is 29.2 Å². The summed E-state index contributed by atoms with van der Waals surface area (Å²) in [6, 6.07) is 15.3. The molecule has 0 bridgehead atoms. The molecule has 0 radical (unpaired) electrons. The number of fused-ring (bicyclic) bond motifs is 1. The normalized spacial score (nSPS) is 11.5. The molecule has 0 aliphatic heterocycles. The molecule has 4 nitrogen and oxygen atoms in total. The Labute approximate surface area is 147 Å². The Hall–Kier alpha value is -2.88. The van der Waals surface area contributed by atoms with Crippen molar-refractivity contribution in [3.63, 3.8) is 0 Å². The molecule has 1 amide bonds. The first-order valence-electron chi connectivity index (χ1n) is 8.30. The summed E-state index contributed by atoms with van der Waals surface area (Å²) in [5, 5.41) is 3.68. The highest BCUT2D eigenvalue weighted by Crippen LogP contribution is 2.25. The maximum Gasteiger partial charge on any atom is 0.257 e. The molecular formula is C21H22N2O2. The quantitative estimate of drug-likeness (QED) is 0.728. The Morgan fingerprint density at radius 3 is 2.20 bits per heavy atom. The number of nitrogens with zero attached hydrogens (tertiary/aromatic N) is 1. The third-order valence-corrected chi connectivity index (χ3v) is 4.30. The van der Waals surface area contributed by atoms with Crippen LogP contribution in [0.5, 0.6) is 0 Å². The van der Waals surface area contributed by atoms with Crippen molar-refractivity contribution in [3.05, 3.63) is 65.9 Å². The molecule has 0 fully saturated rings. The molecule has 0 unspecified atom stereocenters. The van der Waals surface area contributed by atoms with Crippen LogP contribution in [0.4, 0.5) is 5.69 Å². The highest BCUT2D eigenvalue weighted by molar-refractivity contribution is 6.14. The third kappa shape index (κ3) is 3.33. The van der Waals surface area contributed by atoms with Crippen molar-refractivity contribution in [1.29, 1.82) is 0 Å². The third-order valence-electron chi connectivity index (χ3n) is 4.30. The number of carbonyl (C=O) groups excluding carboxylic acids is 2. The van der Waals surface area contributed by atoms with Gasteiger partial charge in [-0.25, -0.2) is 0 Å². The summed E-state index contributed by atoms with van der Waals surface area (Å²) in [5.74, 6) is -0.343. The molecule has 0 saturated carbocycles. The van der Waals surface area contributed by atoms with Crippen molar-refractivity contribution in [2.75, 3.05) is 5.32 Å². The fourth-order valence-electron chi connectivity index (χ4n) is 2.87. The zero-order valence-corrected chi connectivity index (χ0v) is 15.0. The molecule has 0 saturated heterocycles. The fraction of sp³-hybridized carbons (Fsp3) is 0.238. The van der Waals surface area contributed by atoms with E-state index >= 15 is 0 Å². The molecule has 0 atom stereocenters. The second-order valence-electron chi connectivity index (χ2n) is 7.23. The van der Waals surface area contributed by atoms with Crippen LogP contribution in [0, 0.1) is 0 Å². The Morgan fingerprint density at radius 1 is 0.960 bits per heavy atom. The SMILES string of the molecule is CC(=O)n1cc(C(=O)Nc2ccc(C(C)(C)C)cc2)c2ccccc21. The number of benzene rings is 2. The van der Waals surface area contributed by atoms with Crippen LogP contribution in [0.3, 0.4) is 0 Å². The maximum atomic E-state index is 12.7. The summed E-state index contributed by atoms with van der Waals surface area (Å²) >= 11 is 0. The lowest BCUT2D eigenvalue weighted by Crippen LogP contribution is -2.13. The van der Waals surface area contributed by atoms with Crippen molar-refractivity contribution in [2.24, 2.45) is 0 Å². The fourth-order valence-corrected chi connectivity index (χ4v) is 2.87. The molecule has 2 aromatic carbocycles. The van der Waals surface area contributed by atoms with Crippen LogP contribution in [-0.2, 0) is 5.41 Å². The van der Waals surface area contributed by atoms with Gasteiger partial charge >= 0.3 is 0 Å². The smallest absolute Gasteiger partial charge is 0.257 e. The number of carbonyl (C=O) groups is 2. The molecule has 128 valence electrons. The van der Waals surface area contributed by atoms with Crippen LogP contribution >= 0.6 is 0 Å². The lowest BCUT2D eigenvalue weighted by Gasteiger charge is -2.19. The van der Waals surface area contributed by atoms with Gasteiger partial charge in [0.2, 0.25) is 5.91 Å². The number of anilines is 1. The first kappa shape index (κ1) is 17.0. The van der Waals surface area contributed by atoms with Gasteiger partial charge in [0.15, 0.2) is 0 Å². The van der Waals surface area contributed by atoms with Crippen molar-refractivity contribution < 1.29 is 9.59 Å². The highest BCUT2D eigenvalue weighted by Gasteiger charge is 2.17. The average Bonchev–Trinajstić information content (AvgIpc) is 2.94. The van der Waals surface area contributed by atoms with E-state index in [2.05, 4.69) is 26.1 Å². The molecule has 1 heterocycles. The van der Waals surface area contributed by atoms with Gasteiger partial charge in [-0.15, -0.1) is 0 Å². The molecule has 0 spiro atoms. The molecule has 4 heteroatoms. The molecule has 3 rings (SSSR count). The molecular weight excluding hydrogens is 312 g/mol. The summed E-state index contributed by atoms with van der Waals surface area (Å²) in [6.45, 7) is 7.94. The average molecular weight is 334 g/mol. The Balaban J connectivity index is 1.92. The summed E-state index contributed by atoms with van der Waals surface area (Å²) < 4.78 is 1.51. The Bertz CT molecular complexity index is 944. The number of hydrogen-bond acceptors (Lipinski definition) is 2. The van der Waals surface area contributed by atoms with Gasteiger partial charge in [0, 0.05) is 24.2 Å². The van der Waals surface area contributed by atoms with Crippen LogP contribution in [0.2, 0.25) is 0 Å². The van der Waals surface area contributed by atoms with Crippen molar-refractivity contribution in [2.45, 2.75) is 33.1 Å². The van der Waals surface area contributed by atoms with E-state index < -0.39 is 0 Å². The predicted octanol–water partition coefficient (Wildman–Crippen LogP) is 4.85. The predicted molar refractivity (Wildman–Crippen MR) is 101 cm³/mol. The monoisotopic (exact) mass is 334 g/mol. The highest BCUT2D eigenvalue weighted by atomic mass is 16.2. The van der Waals surface area contributed by atoms with E-state index in [1.165, 1.54) is 17.1 Å². The summed E-state index contributed by atoms with van der Waals surface area (Å²) in [5.41, 5.74) is 3.24. The number of nitrogens with one attached hydrogen (secondary N) is 1. The number of para-hydroxylation sites is 1. The zero-order chi connectivity index (χ0) is 18.2. The van der Waals surface area contributed by atoms with Crippen LogP contribution < -0.4 is 5.32 Å². The molecule has 25 heavy (non-hydrogen) atoms. The number of aromatic nitrogens is 1. The second-order valence-corrected chi connectivity index (χ2v) is 7.23. The van der Waals surface area contributed by atoms with Gasteiger partial charge in [-0.1, -0.05) is 51.1 Å². The van der Waals surface area contributed by atoms with E-state index in [0.717, 1.165) is 16.6 Å². The number of amides is 1. The largest absolute Gasteiger partial charge is 0.322 e. The van der Waals surface area contributed by atoms with Crippen molar-refractivity contribution in [1.82, 2.24) is 4.57 Å². The van der Waals surface area contributed by atoms with Gasteiger partial charge in [0.1, 0.15) is 0 Å². The van der Waals surface area contributed by atoms with E-state index in [1.54, 1.807) is 6.20 Å². The van der Waals surface area contributed by atoms with Crippen molar-refractivity contribution in [3.8, 4) is 0 Å². The first-order chi connectivity index (χ1) is 11.8. The van der Waals surface area contributed by atoms with Gasteiger partial charge in [-0.3, -0.25) is 14.2 Å². The van der Waals surface area contributed by atoms with Crippen LogP contribution in [0.1, 0.15) is 48.4 Å². The first-order valence-corrected chi connectivity index (χ1v) is 8.30. The summed E-state index contributed by atoms with van der Waals surface area (Å²) in [6.07, 6.45) is 1.60. The topological polar surface area (TPSA) is 51.1 Å². The van der Waals surface area contributed by atoms with E-state index in [9.17, 15) is 9.59 Å². The van der Waals surface area contributed by atoms with E-state index in [0.29, 0.717) is 5.56 Å². The summed E-state index contributed by atoms with van der Waals surface area (Å²) in [4.78, 5) is 24.5. The van der Waals surface area contributed by atoms with Crippen LogP contribution in [0.25, 0.3) is 10.9 Å². The maximum absolute atomic E-state index is 12.7. The van der Waals surface area contributed by atoms with Gasteiger partial charge in [0.05, 0.1) is 11.1 Å². The number of rotatable bonds is 2. The molecule has 3 aromatic rings. The minimum Gasteiger partial charge on any atom is -0.322 e. The van der Waals surface area contributed by atoms with E-state index in [-0.39, 0.29) is 17.2 Å². The van der Waals surface area contributed by atoms with E-state index in [4.69, 9.17) is 0 Å². The van der Waals surface area contributed by atoms with Gasteiger partial charge in [-0.2, -0.15) is 0 Å². The second kappa shape index (κ2) is 6.20. The van der Waals surface area contributed by atoms with Gasteiger partial charge < -0.3 is 5.32 Å². The van der Waals surface area contributed by atoms with Crippen molar-refractivity contribution >= 4 is 28.4 Å². The minimum absolute atomic E-state index is 0.0669. The van der Waals surface area contributed by atoms with Gasteiger partial charge in [0.25, 0.3) is 5.91 Å². The molecule has 1 aromatic heterocycles. The minimum atomic E-state index is -0.222. The lowest BCUT2D eigenvalue weighted by molar-refractivity contribution is 0.0941.